The Morgan fingerprint density at radius 1 is 1.15 bits per heavy atom. The minimum Gasteiger partial charge on any atom is -0.381 e. The predicted octanol–water partition coefficient (Wildman–Crippen LogP) is 0.940. The number of ether oxygens (including phenoxy) is 1. The third-order valence-electron chi connectivity index (χ3n) is 4.25. The van der Waals surface area contributed by atoms with E-state index in [0.717, 1.165) is 39.1 Å². The van der Waals surface area contributed by atoms with Crippen molar-refractivity contribution in [1.82, 2.24) is 10.2 Å². The molecule has 5 nitrogen and oxygen atoms in total. The lowest BCUT2D eigenvalue weighted by atomic mass is 9.86. The van der Waals surface area contributed by atoms with Crippen LogP contribution < -0.4 is 11.1 Å². The van der Waals surface area contributed by atoms with Gasteiger partial charge in [-0.1, -0.05) is 6.42 Å². The third kappa shape index (κ3) is 5.04. The number of hydrogen-bond donors (Lipinski definition) is 2. The summed E-state index contributed by atoms with van der Waals surface area (Å²) in [6.07, 6.45) is 5.90. The van der Waals surface area contributed by atoms with Crippen LogP contribution in [-0.4, -0.2) is 55.7 Å². The average molecular weight is 328 g/mol. The molecule has 0 radical (unpaired) electrons. The van der Waals surface area contributed by atoms with Crippen LogP contribution in [0.15, 0.2) is 0 Å². The zero-order valence-electron chi connectivity index (χ0n) is 11.9. The molecule has 0 aliphatic carbocycles. The van der Waals surface area contributed by atoms with Crippen molar-refractivity contribution in [3.8, 4) is 0 Å². The van der Waals surface area contributed by atoms with E-state index >= 15 is 0 Å². The zero-order valence-corrected chi connectivity index (χ0v) is 13.6. The summed E-state index contributed by atoms with van der Waals surface area (Å²) in [5, 5.41) is 2.98. The molecule has 0 aromatic carbocycles. The summed E-state index contributed by atoms with van der Waals surface area (Å²) < 4.78 is 5.48. The van der Waals surface area contributed by atoms with Crippen LogP contribution >= 0.6 is 24.8 Å². The van der Waals surface area contributed by atoms with Gasteiger partial charge in [-0.2, -0.15) is 0 Å². The number of carbonyl (C=O) groups excluding carboxylic acids is 1. The van der Waals surface area contributed by atoms with Gasteiger partial charge in [0.15, 0.2) is 0 Å². The van der Waals surface area contributed by atoms with Crippen molar-refractivity contribution >= 4 is 30.7 Å². The number of nitrogens with two attached hydrogens (primary N) is 1. The van der Waals surface area contributed by atoms with Gasteiger partial charge in [0, 0.05) is 25.3 Å². The largest absolute Gasteiger partial charge is 0.381 e. The summed E-state index contributed by atoms with van der Waals surface area (Å²) in [7, 11) is 0. The van der Waals surface area contributed by atoms with Gasteiger partial charge >= 0.3 is 0 Å². The molecule has 0 spiro atoms. The van der Waals surface area contributed by atoms with E-state index in [1.807, 2.05) is 0 Å². The van der Waals surface area contributed by atoms with Gasteiger partial charge in [-0.25, -0.2) is 0 Å². The molecule has 2 aliphatic heterocycles. The molecular weight excluding hydrogens is 301 g/mol. The summed E-state index contributed by atoms with van der Waals surface area (Å²) in [5.74, 6) is -0.0575. The van der Waals surface area contributed by atoms with Crippen molar-refractivity contribution in [3.63, 3.8) is 0 Å². The second-order valence-corrected chi connectivity index (χ2v) is 5.37. The van der Waals surface area contributed by atoms with Gasteiger partial charge in [0.05, 0.1) is 6.54 Å². The summed E-state index contributed by atoms with van der Waals surface area (Å²) in [4.78, 5) is 14.0. The molecule has 2 saturated heterocycles. The van der Waals surface area contributed by atoms with E-state index in [2.05, 4.69) is 10.2 Å². The smallest absolute Gasteiger partial charge is 0.233 e. The van der Waals surface area contributed by atoms with Crippen LogP contribution in [-0.2, 0) is 9.53 Å². The van der Waals surface area contributed by atoms with Crippen molar-refractivity contribution in [2.75, 3.05) is 39.4 Å². The van der Waals surface area contributed by atoms with Gasteiger partial charge in [0.25, 0.3) is 0 Å². The number of amides is 1. The zero-order chi connectivity index (χ0) is 12.8. The van der Waals surface area contributed by atoms with Crippen molar-refractivity contribution in [1.29, 1.82) is 0 Å². The Kier molecular flexibility index (Phi) is 9.76. The highest BCUT2D eigenvalue weighted by Gasteiger charge is 2.38. The highest BCUT2D eigenvalue weighted by Crippen LogP contribution is 2.30. The van der Waals surface area contributed by atoms with E-state index in [9.17, 15) is 4.79 Å². The highest BCUT2D eigenvalue weighted by atomic mass is 35.5. The minimum absolute atomic E-state index is 0. The molecule has 20 heavy (non-hydrogen) atoms. The number of rotatable bonds is 4. The van der Waals surface area contributed by atoms with E-state index in [4.69, 9.17) is 10.5 Å². The SMILES string of the molecule is Cl.Cl.NCC(=O)NCC1(N2CCCCC2)CCOCC1. The first-order valence-corrected chi connectivity index (χ1v) is 7.06. The number of nitrogens with zero attached hydrogens (tertiary/aromatic N) is 1. The highest BCUT2D eigenvalue weighted by molar-refractivity contribution is 5.85. The number of nitrogens with one attached hydrogen (secondary N) is 1. The second-order valence-electron chi connectivity index (χ2n) is 5.37. The fourth-order valence-electron chi connectivity index (χ4n) is 3.06. The first-order chi connectivity index (χ1) is 8.77. The first kappa shape index (κ1) is 19.9. The van der Waals surface area contributed by atoms with Crippen LogP contribution in [0.25, 0.3) is 0 Å². The lowest BCUT2D eigenvalue weighted by molar-refractivity contribution is -0.121. The second kappa shape index (κ2) is 9.79. The van der Waals surface area contributed by atoms with Crippen LogP contribution in [0.1, 0.15) is 32.1 Å². The van der Waals surface area contributed by atoms with E-state index < -0.39 is 0 Å². The van der Waals surface area contributed by atoms with Crippen LogP contribution in [0.3, 0.4) is 0 Å². The number of halogens is 2. The summed E-state index contributed by atoms with van der Waals surface area (Å²) >= 11 is 0. The summed E-state index contributed by atoms with van der Waals surface area (Å²) in [6, 6.07) is 0. The van der Waals surface area contributed by atoms with Gasteiger partial charge in [0.1, 0.15) is 0 Å². The molecule has 3 N–H and O–H groups in total. The molecule has 0 aromatic heterocycles. The Bertz CT molecular complexity index is 281. The maximum absolute atomic E-state index is 11.4. The minimum atomic E-state index is -0.0575. The van der Waals surface area contributed by atoms with Crippen LogP contribution in [0.5, 0.6) is 0 Å². The van der Waals surface area contributed by atoms with E-state index in [1.54, 1.807) is 0 Å². The van der Waals surface area contributed by atoms with Crippen molar-refractivity contribution in [3.05, 3.63) is 0 Å². The summed E-state index contributed by atoms with van der Waals surface area (Å²) in [5.41, 5.74) is 5.46. The average Bonchev–Trinajstić information content (AvgIpc) is 2.46. The van der Waals surface area contributed by atoms with Gasteiger partial charge in [0.2, 0.25) is 5.91 Å². The Morgan fingerprint density at radius 2 is 1.75 bits per heavy atom. The number of hydrogen-bond acceptors (Lipinski definition) is 4. The van der Waals surface area contributed by atoms with Gasteiger partial charge in [-0.15, -0.1) is 24.8 Å². The molecule has 1 amide bonds. The molecule has 2 aliphatic rings. The standard InChI is InChI=1S/C13H25N3O2.2ClH/c14-10-12(17)15-11-13(4-8-18-9-5-13)16-6-2-1-3-7-16;;/h1-11,14H2,(H,15,17);2*1H. The molecule has 2 fully saturated rings. The number of piperidine rings is 1. The molecular formula is C13H27Cl2N3O2. The van der Waals surface area contributed by atoms with Gasteiger partial charge in [-0.05, 0) is 38.8 Å². The number of carbonyl (C=O) groups is 1. The topological polar surface area (TPSA) is 67.6 Å². The molecule has 7 heteroatoms. The van der Waals surface area contributed by atoms with Gasteiger partial charge < -0.3 is 15.8 Å². The fourth-order valence-corrected chi connectivity index (χ4v) is 3.06. The van der Waals surface area contributed by atoms with Crippen LogP contribution in [0.4, 0.5) is 0 Å². The molecule has 120 valence electrons. The van der Waals surface area contributed by atoms with E-state index in [-0.39, 0.29) is 42.8 Å². The van der Waals surface area contributed by atoms with Gasteiger partial charge in [-0.3, -0.25) is 9.69 Å². The normalized spacial score (nSPS) is 22.2. The maximum Gasteiger partial charge on any atom is 0.233 e. The Balaban J connectivity index is 0.00000180. The molecule has 0 unspecified atom stereocenters. The molecule has 2 heterocycles. The molecule has 0 aromatic rings. The third-order valence-corrected chi connectivity index (χ3v) is 4.25. The summed E-state index contributed by atoms with van der Waals surface area (Å²) in [6.45, 7) is 4.69. The van der Waals surface area contributed by atoms with Crippen LogP contribution in [0, 0.1) is 0 Å². The maximum atomic E-state index is 11.4. The Morgan fingerprint density at radius 3 is 2.30 bits per heavy atom. The Labute approximate surface area is 133 Å². The molecule has 0 atom stereocenters. The van der Waals surface area contributed by atoms with E-state index in [1.165, 1.54) is 19.3 Å². The quantitative estimate of drug-likeness (QED) is 0.806. The monoisotopic (exact) mass is 327 g/mol. The number of likely N-dealkylation sites (tertiary alicyclic amines) is 1. The van der Waals surface area contributed by atoms with Crippen molar-refractivity contribution in [2.24, 2.45) is 5.73 Å². The van der Waals surface area contributed by atoms with E-state index in [0.29, 0.717) is 6.54 Å². The van der Waals surface area contributed by atoms with Crippen LogP contribution in [0.2, 0.25) is 0 Å². The predicted molar refractivity (Wildman–Crippen MR) is 84.8 cm³/mol. The fraction of sp³-hybridized carbons (Fsp3) is 0.923. The van der Waals surface area contributed by atoms with Crippen molar-refractivity contribution in [2.45, 2.75) is 37.6 Å². The molecule has 0 saturated carbocycles. The lowest BCUT2D eigenvalue weighted by Crippen LogP contribution is -2.60. The van der Waals surface area contributed by atoms with Crippen molar-refractivity contribution < 1.29 is 9.53 Å². The molecule has 0 bridgehead atoms. The molecule has 2 rings (SSSR count). The first-order valence-electron chi connectivity index (χ1n) is 7.06. The lowest BCUT2D eigenvalue weighted by Gasteiger charge is -2.48. The Hall–Kier alpha value is -0.0700.